The van der Waals surface area contributed by atoms with Crippen LogP contribution in [0.3, 0.4) is 0 Å². The molecule has 2 N–H and O–H groups in total. The minimum Gasteiger partial charge on any atom is -0.346 e. The molecule has 1 aliphatic heterocycles. The van der Waals surface area contributed by atoms with Gasteiger partial charge in [-0.3, -0.25) is 4.79 Å². The molecule has 1 aliphatic carbocycles. The molecule has 1 spiro atoms. The third-order valence-corrected chi connectivity index (χ3v) is 7.10. The predicted octanol–water partition coefficient (Wildman–Crippen LogP) is 5.46. The first-order chi connectivity index (χ1) is 15.2. The Bertz CT molecular complexity index is 1270. The van der Waals surface area contributed by atoms with E-state index in [1.807, 2.05) is 12.1 Å². The second-order valence-electron chi connectivity index (χ2n) is 8.96. The van der Waals surface area contributed by atoms with Crippen LogP contribution in [0.25, 0.3) is 22.2 Å². The van der Waals surface area contributed by atoms with Crippen molar-refractivity contribution in [2.24, 2.45) is 0 Å². The van der Waals surface area contributed by atoms with E-state index in [0.717, 1.165) is 42.5 Å². The molecule has 4 aromatic rings. The van der Waals surface area contributed by atoms with E-state index in [0.29, 0.717) is 12.3 Å². The van der Waals surface area contributed by atoms with Gasteiger partial charge in [-0.25, -0.2) is 4.98 Å². The average molecular weight is 408 g/mol. The van der Waals surface area contributed by atoms with Crippen molar-refractivity contribution in [3.05, 3.63) is 89.7 Å². The van der Waals surface area contributed by atoms with Gasteiger partial charge in [0, 0.05) is 5.92 Å². The number of carbonyl (C=O) groups excluding carboxylic acids is 1. The van der Waals surface area contributed by atoms with Gasteiger partial charge in [0.1, 0.15) is 5.82 Å². The van der Waals surface area contributed by atoms with Crippen molar-refractivity contribution < 1.29 is 4.79 Å². The predicted molar refractivity (Wildman–Crippen MR) is 123 cm³/mol. The van der Waals surface area contributed by atoms with Gasteiger partial charge in [-0.15, -0.1) is 0 Å². The van der Waals surface area contributed by atoms with Crippen molar-refractivity contribution in [1.82, 2.24) is 15.3 Å². The Kier molecular flexibility index (Phi) is 4.20. The zero-order chi connectivity index (χ0) is 20.8. The van der Waals surface area contributed by atoms with Crippen LogP contribution in [0, 0.1) is 0 Å². The molecule has 0 radical (unpaired) electrons. The van der Waals surface area contributed by atoms with Crippen LogP contribution in [0.15, 0.2) is 72.8 Å². The number of H-pyrrole nitrogens is 1. The lowest BCUT2D eigenvalue weighted by Crippen LogP contribution is -2.52. The molecule has 31 heavy (non-hydrogen) atoms. The minimum atomic E-state index is -0.213. The second-order valence-corrected chi connectivity index (χ2v) is 8.96. The first kappa shape index (κ1) is 18.4. The number of aromatic amines is 1. The molecule has 1 amide bonds. The molecular formula is C27H25N3O. The summed E-state index contributed by atoms with van der Waals surface area (Å²) < 4.78 is 0. The highest BCUT2D eigenvalue weighted by Gasteiger charge is 2.42. The SMILES string of the molecule is O=C1Cc2ccccc2[C@]2(CC[C@@H](c3nc4cc(-c5ccccc5)ccc4[nH]3)CC2)N1. The van der Waals surface area contributed by atoms with Crippen molar-refractivity contribution in [3.63, 3.8) is 0 Å². The van der Waals surface area contributed by atoms with E-state index < -0.39 is 0 Å². The lowest BCUT2D eigenvalue weighted by molar-refractivity contribution is -0.123. The van der Waals surface area contributed by atoms with Gasteiger partial charge in [0.05, 0.1) is 23.0 Å². The molecule has 154 valence electrons. The number of hydrogen-bond acceptors (Lipinski definition) is 2. The molecule has 0 unspecified atom stereocenters. The Morgan fingerprint density at radius 3 is 2.48 bits per heavy atom. The molecule has 2 heterocycles. The lowest BCUT2D eigenvalue weighted by Gasteiger charge is -2.44. The summed E-state index contributed by atoms with van der Waals surface area (Å²) in [6.45, 7) is 0. The Morgan fingerprint density at radius 2 is 1.65 bits per heavy atom. The summed E-state index contributed by atoms with van der Waals surface area (Å²) in [6.07, 6.45) is 4.42. The van der Waals surface area contributed by atoms with E-state index >= 15 is 0 Å². The van der Waals surface area contributed by atoms with Gasteiger partial charge in [0.2, 0.25) is 5.91 Å². The first-order valence-electron chi connectivity index (χ1n) is 11.1. The van der Waals surface area contributed by atoms with Crippen LogP contribution in [-0.2, 0) is 16.8 Å². The van der Waals surface area contributed by atoms with Crippen molar-refractivity contribution in [3.8, 4) is 11.1 Å². The molecule has 2 aliphatic rings. The minimum absolute atomic E-state index is 0.148. The third kappa shape index (κ3) is 3.14. The van der Waals surface area contributed by atoms with Gasteiger partial charge in [-0.05, 0) is 60.1 Å². The smallest absolute Gasteiger partial charge is 0.225 e. The maximum atomic E-state index is 12.4. The number of nitrogens with zero attached hydrogens (tertiary/aromatic N) is 1. The third-order valence-electron chi connectivity index (χ3n) is 7.10. The zero-order valence-electron chi connectivity index (χ0n) is 17.4. The molecule has 0 bridgehead atoms. The van der Waals surface area contributed by atoms with Crippen molar-refractivity contribution in [1.29, 1.82) is 0 Å². The number of rotatable bonds is 2. The highest BCUT2D eigenvalue weighted by Crippen LogP contribution is 2.45. The summed E-state index contributed by atoms with van der Waals surface area (Å²) in [5.74, 6) is 1.61. The van der Waals surface area contributed by atoms with E-state index in [1.165, 1.54) is 22.3 Å². The van der Waals surface area contributed by atoms with Crippen LogP contribution >= 0.6 is 0 Å². The van der Waals surface area contributed by atoms with Gasteiger partial charge in [0.15, 0.2) is 0 Å². The van der Waals surface area contributed by atoms with E-state index in [2.05, 4.69) is 71.0 Å². The highest BCUT2D eigenvalue weighted by atomic mass is 16.1. The normalized spacial score (nSPS) is 23.0. The summed E-state index contributed by atoms with van der Waals surface area (Å²) in [7, 11) is 0. The molecule has 1 aromatic heterocycles. The Morgan fingerprint density at radius 1 is 0.871 bits per heavy atom. The summed E-state index contributed by atoms with van der Waals surface area (Å²) in [5, 5.41) is 3.34. The number of hydrogen-bond donors (Lipinski definition) is 2. The van der Waals surface area contributed by atoms with Crippen molar-refractivity contribution >= 4 is 16.9 Å². The van der Waals surface area contributed by atoms with Gasteiger partial charge < -0.3 is 10.3 Å². The number of aromatic nitrogens is 2. The quantitative estimate of drug-likeness (QED) is 0.464. The van der Waals surface area contributed by atoms with Gasteiger partial charge in [0.25, 0.3) is 0 Å². The van der Waals surface area contributed by atoms with E-state index in [1.54, 1.807) is 0 Å². The fourth-order valence-corrected chi connectivity index (χ4v) is 5.50. The second kappa shape index (κ2) is 7.09. The topological polar surface area (TPSA) is 57.8 Å². The van der Waals surface area contributed by atoms with Gasteiger partial charge >= 0.3 is 0 Å². The summed E-state index contributed by atoms with van der Waals surface area (Å²) >= 11 is 0. The van der Waals surface area contributed by atoms with Crippen LogP contribution in [0.5, 0.6) is 0 Å². The Hall–Kier alpha value is -3.40. The number of benzene rings is 3. The first-order valence-corrected chi connectivity index (χ1v) is 11.1. The van der Waals surface area contributed by atoms with Crippen LogP contribution in [0.1, 0.15) is 48.6 Å². The molecular weight excluding hydrogens is 382 g/mol. The summed E-state index contributed by atoms with van der Waals surface area (Å²) in [6, 6.07) is 25.3. The zero-order valence-corrected chi connectivity index (χ0v) is 17.4. The van der Waals surface area contributed by atoms with Crippen LogP contribution in [-0.4, -0.2) is 15.9 Å². The molecule has 1 saturated carbocycles. The van der Waals surface area contributed by atoms with Crippen LogP contribution in [0.2, 0.25) is 0 Å². The van der Waals surface area contributed by atoms with Crippen molar-refractivity contribution in [2.45, 2.75) is 43.6 Å². The van der Waals surface area contributed by atoms with Gasteiger partial charge in [-0.1, -0.05) is 60.7 Å². The van der Waals surface area contributed by atoms with Crippen molar-refractivity contribution in [2.75, 3.05) is 0 Å². The molecule has 4 heteroatoms. The van der Waals surface area contributed by atoms with E-state index in [9.17, 15) is 4.79 Å². The largest absolute Gasteiger partial charge is 0.346 e. The maximum Gasteiger partial charge on any atom is 0.225 e. The number of amides is 1. The molecule has 0 atom stereocenters. The molecule has 1 fully saturated rings. The highest BCUT2D eigenvalue weighted by molar-refractivity contribution is 5.83. The summed E-state index contributed by atoms with van der Waals surface area (Å²) in [5.41, 5.74) is 6.79. The Labute approximate surface area is 181 Å². The molecule has 6 rings (SSSR count). The lowest BCUT2D eigenvalue weighted by atomic mass is 9.69. The molecule has 4 nitrogen and oxygen atoms in total. The van der Waals surface area contributed by atoms with E-state index in [-0.39, 0.29) is 11.4 Å². The molecule has 0 saturated heterocycles. The van der Waals surface area contributed by atoms with Crippen LogP contribution in [0.4, 0.5) is 0 Å². The summed E-state index contributed by atoms with van der Waals surface area (Å²) in [4.78, 5) is 20.9. The Balaban J connectivity index is 1.26. The van der Waals surface area contributed by atoms with E-state index in [4.69, 9.17) is 4.98 Å². The molecule has 3 aromatic carbocycles. The van der Waals surface area contributed by atoms with Gasteiger partial charge in [-0.2, -0.15) is 0 Å². The fraction of sp³-hybridized carbons (Fsp3) is 0.259. The standard InChI is InChI=1S/C27H25N3O/c31-25-17-21-8-4-5-9-22(21)27(30-25)14-12-19(13-15-27)26-28-23-11-10-20(16-24(23)29-26)18-6-2-1-3-7-18/h1-11,16,19H,12-15,17H2,(H,28,29)(H,30,31)/t19-,27-. The number of fused-ring (bicyclic) bond motifs is 3. The number of nitrogens with one attached hydrogen (secondary N) is 2. The number of carbonyl (C=O) groups is 1. The fourth-order valence-electron chi connectivity index (χ4n) is 5.50. The number of imidazole rings is 1. The maximum absolute atomic E-state index is 12.4. The monoisotopic (exact) mass is 407 g/mol. The van der Waals surface area contributed by atoms with Crippen LogP contribution < -0.4 is 5.32 Å². The average Bonchev–Trinajstić information content (AvgIpc) is 3.23.